The zero-order valence-corrected chi connectivity index (χ0v) is 6.69. The Kier molecular flexibility index (Phi) is 6.55. The first-order chi connectivity index (χ1) is 4.31. The van der Waals surface area contributed by atoms with Gasteiger partial charge in [-0.25, -0.2) is 0 Å². The van der Waals surface area contributed by atoms with Crippen LogP contribution >= 0.6 is 11.6 Å². The Hall–Kier alpha value is 0.250. The van der Waals surface area contributed by atoms with Gasteiger partial charge in [0.05, 0.1) is 0 Å². The number of rotatable bonds is 5. The highest BCUT2D eigenvalue weighted by molar-refractivity contribution is 6.17. The SMILES string of the molecule is C[C@@H](CO)CCCCCl. The third-order valence-corrected chi connectivity index (χ3v) is 1.66. The zero-order chi connectivity index (χ0) is 7.11. The first-order valence-electron chi connectivity index (χ1n) is 3.48. The molecule has 1 N–H and O–H groups in total. The van der Waals surface area contributed by atoms with Gasteiger partial charge in [0, 0.05) is 12.5 Å². The van der Waals surface area contributed by atoms with E-state index < -0.39 is 0 Å². The molecule has 2 heteroatoms. The van der Waals surface area contributed by atoms with Gasteiger partial charge in [-0.3, -0.25) is 0 Å². The average molecular weight is 151 g/mol. The summed E-state index contributed by atoms with van der Waals surface area (Å²) in [5.74, 6) is 1.20. The summed E-state index contributed by atoms with van der Waals surface area (Å²) >= 11 is 5.47. The summed E-state index contributed by atoms with van der Waals surface area (Å²) in [5, 5.41) is 8.60. The van der Waals surface area contributed by atoms with E-state index in [9.17, 15) is 0 Å². The maximum atomic E-state index is 8.60. The van der Waals surface area contributed by atoms with Crippen molar-refractivity contribution in [2.24, 2.45) is 5.92 Å². The summed E-state index contributed by atoms with van der Waals surface area (Å²) in [7, 11) is 0. The van der Waals surface area contributed by atoms with E-state index in [4.69, 9.17) is 16.7 Å². The highest BCUT2D eigenvalue weighted by Crippen LogP contribution is 2.06. The molecule has 0 aromatic heterocycles. The molecule has 1 atom stereocenters. The van der Waals surface area contributed by atoms with Gasteiger partial charge in [0.15, 0.2) is 0 Å². The number of aliphatic hydroxyl groups excluding tert-OH is 1. The average Bonchev–Trinajstić information content (AvgIpc) is 1.89. The lowest BCUT2D eigenvalue weighted by molar-refractivity contribution is 0.228. The molecule has 0 saturated heterocycles. The second-order valence-corrected chi connectivity index (χ2v) is 2.85. The molecule has 0 radical (unpaired) electrons. The lowest BCUT2D eigenvalue weighted by atomic mass is 10.1. The van der Waals surface area contributed by atoms with Crippen molar-refractivity contribution < 1.29 is 5.11 Å². The Bertz CT molecular complexity index is 56.9. The number of alkyl halides is 1. The topological polar surface area (TPSA) is 20.2 Å². The predicted molar refractivity (Wildman–Crippen MR) is 40.8 cm³/mol. The molecule has 0 unspecified atom stereocenters. The number of unbranched alkanes of at least 4 members (excludes halogenated alkanes) is 1. The van der Waals surface area contributed by atoms with Gasteiger partial charge < -0.3 is 5.11 Å². The van der Waals surface area contributed by atoms with Gasteiger partial charge in [-0.1, -0.05) is 13.3 Å². The van der Waals surface area contributed by atoms with Crippen molar-refractivity contribution in [2.75, 3.05) is 12.5 Å². The zero-order valence-electron chi connectivity index (χ0n) is 5.94. The molecule has 0 aliphatic carbocycles. The maximum absolute atomic E-state index is 8.60. The summed E-state index contributed by atoms with van der Waals surface area (Å²) in [6.07, 6.45) is 3.32. The van der Waals surface area contributed by atoms with Crippen molar-refractivity contribution in [2.45, 2.75) is 26.2 Å². The minimum absolute atomic E-state index is 0.308. The molecular weight excluding hydrogens is 136 g/mol. The number of hydrogen-bond acceptors (Lipinski definition) is 1. The smallest absolute Gasteiger partial charge is 0.0456 e. The minimum atomic E-state index is 0.308. The lowest BCUT2D eigenvalue weighted by Gasteiger charge is -2.04. The minimum Gasteiger partial charge on any atom is -0.396 e. The van der Waals surface area contributed by atoms with Crippen molar-refractivity contribution in [3.8, 4) is 0 Å². The van der Waals surface area contributed by atoms with Crippen LogP contribution in [0.2, 0.25) is 0 Å². The molecule has 0 bridgehead atoms. The van der Waals surface area contributed by atoms with Crippen molar-refractivity contribution in [1.29, 1.82) is 0 Å². The summed E-state index contributed by atoms with van der Waals surface area (Å²) < 4.78 is 0. The Balaban J connectivity index is 2.88. The fourth-order valence-electron chi connectivity index (χ4n) is 0.679. The summed E-state index contributed by atoms with van der Waals surface area (Å²) in [5.41, 5.74) is 0. The van der Waals surface area contributed by atoms with Crippen LogP contribution in [0.5, 0.6) is 0 Å². The first-order valence-corrected chi connectivity index (χ1v) is 4.01. The van der Waals surface area contributed by atoms with Crippen LogP contribution < -0.4 is 0 Å². The van der Waals surface area contributed by atoms with E-state index in [-0.39, 0.29) is 0 Å². The van der Waals surface area contributed by atoms with Crippen LogP contribution in [0, 0.1) is 5.92 Å². The fourth-order valence-corrected chi connectivity index (χ4v) is 0.868. The van der Waals surface area contributed by atoms with Gasteiger partial charge in [-0.05, 0) is 18.8 Å². The molecule has 0 amide bonds. The van der Waals surface area contributed by atoms with E-state index >= 15 is 0 Å². The lowest BCUT2D eigenvalue weighted by Crippen LogP contribution is -1.99. The molecule has 0 rings (SSSR count). The van der Waals surface area contributed by atoms with Crippen LogP contribution in [0.3, 0.4) is 0 Å². The molecule has 0 aromatic rings. The Morgan fingerprint density at radius 3 is 2.56 bits per heavy atom. The van der Waals surface area contributed by atoms with E-state index in [2.05, 4.69) is 0 Å². The summed E-state index contributed by atoms with van der Waals surface area (Å²) in [6, 6.07) is 0. The Labute approximate surface area is 62.0 Å². The third-order valence-electron chi connectivity index (χ3n) is 1.39. The highest BCUT2D eigenvalue weighted by atomic mass is 35.5. The molecule has 56 valence electrons. The van der Waals surface area contributed by atoms with Gasteiger partial charge in [0.25, 0.3) is 0 Å². The van der Waals surface area contributed by atoms with Crippen molar-refractivity contribution in [3.63, 3.8) is 0 Å². The molecule has 0 spiro atoms. The largest absolute Gasteiger partial charge is 0.396 e. The standard InChI is InChI=1S/C7H15ClO/c1-7(6-9)4-2-3-5-8/h7,9H,2-6H2,1H3/t7-/m1/s1. The third kappa shape index (κ3) is 6.13. The number of halogens is 1. The fraction of sp³-hybridized carbons (Fsp3) is 1.00. The van der Waals surface area contributed by atoms with Gasteiger partial charge in [-0.15, -0.1) is 11.6 Å². The summed E-state index contributed by atoms with van der Waals surface area (Å²) in [6.45, 7) is 2.36. The van der Waals surface area contributed by atoms with E-state index in [0.717, 1.165) is 25.1 Å². The second-order valence-electron chi connectivity index (χ2n) is 2.47. The predicted octanol–water partition coefficient (Wildman–Crippen LogP) is 2.02. The van der Waals surface area contributed by atoms with Crippen LogP contribution in [0.25, 0.3) is 0 Å². The molecule has 0 fully saturated rings. The molecule has 0 aliphatic rings. The molecule has 0 aliphatic heterocycles. The Morgan fingerprint density at radius 2 is 2.11 bits per heavy atom. The molecule has 1 nitrogen and oxygen atoms in total. The van der Waals surface area contributed by atoms with E-state index in [1.54, 1.807) is 0 Å². The van der Waals surface area contributed by atoms with Gasteiger partial charge in [-0.2, -0.15) is 0 Å². The van der Waals surface area contributed by atoms with Crippen LogP contribution in [-0.2, 0) is 0 Å². The molecule has 0 saturated carbocycles. The normalized spacial score (nSPS) is 13.7. The van der Waals surface area contributed by atoms with Crippen molar-refractivity contribution in [3.05, 3.63) is 0 Å². The molecular formula is C7H15ClO. The second kappa shape index (κ2) is 6.37. The van der Waals surface area contributed by atoms with E-state index in [1.165, 1.54) is 0 Å². The monoisotopic (exact) mass is 150 g/mol. The van der Waals surface area contributed by atoms with Crippen molar-refractivity contribution in [1.82, 2.24) is 0 Å². The van der Waals surface area contributed by atoms with E-state index in [0.29, 0.717) is 12.5 Å². The van der Waals surface area contributed by atoms with Gasteiger partial charge in [0.1, 0.15) is 0 Å². The summed E-state index contributed by atoms with van der Waals surface area (Å²) in [4.78, 5) is 0. The molecule has 0 heterocycles. The highest BCUT2D eigenvalue weighted by Gasteiger charge is 1.97. The quantitative estimate of drug-likeness (QED) is 0.470. The van der Waals surface area contributed by atoms with Gasteiger partial charge in [0.2, 0.25) is 0 Å². The Morgan fingerprint density at radius 1 is 1.44 bits per heavy atom. The maximum Gasteiger partial charge on any atom is 0.0456 e. The van der Waals surface area contributed by atoms with Crippen LogP contribution in [0.15, 0.2) is 0 Å². The van der Waals surface area contributed by atoms with Crippen molar-refractivity contribution >= 4 is 11.6 Å². The van der Waals surface area contributed by atoms with Gasteiger partial charge >= 0.3 is 0 Å². The first kappa shape index (κ1) is 9.25. The number of hydrogen-bond donors (Lipinski definition) is 1. The van der Waals surface area contributed by atoms with Crippen LogP contribution in [-0.4, -0.2) is 17.6 Å². The molecule has 0 aromatic carbocycles. The molecule has 9 heavy (non-hydrogen) atoms. The number of aliphatic hydroxyl groups is 1. The van der Waals surface area contributed by atoms with E-state index in [1.807, 2.05) is 6.92 Å². The van der Waals surface area contributed by atoms with Crippen LogP contribution in [0.1, 0.15) is 26.2 Å². The van der Waals surface area contributed by atoms with Crippen LogP contribution in [0.4, 0.5) is 0 Å².